The first-order valence-corrected chi connectivity index (χ1v) is 5.39. The first-order chi connectivity index (χ1) is 6.92. The SMILES string of the molecule is CNC(C)C1CCCN(CC(F)(F)F)C1. The molecule has 2 nitrogen and oxygen atoms in total. The molecule has 1 aliphatic rings. The number of nitrogens with one attached hydrogen (secondary N) is 1. The predicted molar refractivity (Wildman–Crippen MR) is 53.7 cm³/mol. The maximum atomic E-state index is 12.2. The molecule has 0 aromatic rings. The summed E-state index contributed by atoms with van der Waals surface area (Å²) < 4.78 is 36.6. The van der Waals surface area contributed by atoms with Crippen molar-refractivity contribution in [2.45, 2.75) is 32.0 Å². The van der Waals surface area contributed by atoms with Gasteiger partial charge in [0.2, 0.25) is 0 Å². The third kappa shape index (κ3) is 4.38. The van der Waals surface area contributed by atoms with E-state index < -0.39 is 12.7 Å². The third-order valence-corrected chi connectivity index (χ3v) is 3.11. The highest BCUT2D eigenvalue weighted by Crippen LogP contribution is 2.23. The molecule has 0 saturated carbocycles. The molecule has 0 aliphatic carbocycles. The molecule has 15 heavy (non-hydrogen) atoms. The summed E-state index contributed by atoms with van der Waals surface area (Å²) in [6, 6.07) is 0.293. The van der Waals surface area contributed by atoms with Crippen molar-refractivity contribution in [1.29, 1.82) is 0 Å². The van der Waals surface area contributed by atoms with Crippen LogP contribution in [0.15, 0.2) is 0 Å². The number of likely N-dealkylation sites (tertiary alicyclic amines) is 1. The minimum absolute atomic E-state index is 0.293. The first-order valence-electron chi connectivity index (χ1n) is 5.39. The smallest absolute Gasteiger partial charge is 0.317 e. The van der Waals surface area contributed by atoms with Gasteiger partial charge >= 0.3 is 6.18 Å². The second-order valence-electron chi connectivity index (χ2n) is 4.33. The van der Waals surface area contributed by atoms with Gasteiger partial charge in [0, 0.05) is 12.6 Å². The Hall–Kier alpha value is -0.290. The molecular formula is C10H19F3N2. The highest BCUT2D eigenvalue weighted by Gasteiger charge is 2.33. The molecule has 0 aromatic heterocycles. The van der Waals surface area contributed by atoms with Gasteiger partial charge in [-0.1, -0.05) is 0 Å². The van der Waals surface area contributed by atoms with E-state index in [9.17, 15) is 13.2 Å². The number of rotatable bonds is 3. The Kier molecular flexibility index (Phi) is 4.40. The Morgan fingerprint density at radius 3 is 2.67 bits per heavy atom. The zero-order chi connectivity index (χ0) is 11.5. The van der Waals surface area contributed by atoms with Crippen LogP contribution in [0.25, 0.3) is 0 Å². The highest BCUT2D eigenvalue weighted by atomic mass is 19.4. The molecular weight excluding hydrogens is 205 g/mol. The van der Waals surface area contributed by atoms with Gasteiger partial charge < -0.3 is 5.32 Å². The summed E-state index contributed by atoms with van der Waals surface area (Å²) in [6.45, 7) is 2.40. The number of hydrogen-bond donors (Lipinski definition) is 1. The Morgan fingerprint density at radius 1 is 1.47 bits per heavy atom. The number of nitrogens with zero attached hydrogens (tertiary/aromatic N) is 1. The molecule has 0 bridgehead atoms. The molecule has 1 N–H and O–H groups in total. The topological polar surface area (TPSA) is 15.3 Å². The average molecular weight is 224 g/mol. The zero-order valence-corrected chi connectivity index (χ0v) is 9.27. The van der Waals surface area contributed by atoms with Crippen molar-refractivity contribution in [2.75, 3.05) is 26.7 Å². The van der Waals surface area contributed by atoms with Crippen LogP contribution >= 0.6 is 0 Å². The van der Waals surface area contributed by atoms with Gasteiger partial charge in [0.1, 0.15) is 0 Å². The minimum atomic E-state index is -4.06. The van der Waals surface area contributed by atoms with E-state index in [2.05, 4.69) is 5.32 Å². The molecule has 2 atom stereocenters. The van der Waals surface area contributed by atoms with Crippen molar-refractivity contribution in [3.63, 3.8) is 0 Å². The number of alkyl halides is 3. The number of halogens is 3. The number of hydrogen-bond acceptors (Lipinski definition) is 2. The van der Waals surface area contributed by atoms with E-state index in [1.165, 1.54) is 4.90 Å². The van der Waals surface area contributed by atoms with Gasteiger partial charge in [-0.2, -0.15) is 13.2 Å². The van der Waals surface area contributed by atoms with Crippen molar-refractivity contribution >= 4 is 0 Å². The van der Waals surface area contributed by atoms with Gasteiger partial charge in [0.05, 0.1) is 6.54 Å². The Bertz CT molecular complexity index is 194. The molecule has 0 radical (unpaired) electrons. The summed E-state index contributed by atoms with van der Waals surface area (Å²) in [5, 5.41) is 3.11. The van der Waals surface area contributed by atoms with Crippen LogP contribution in [0.5, 0.6) is 0 Å². The maximum absolute atomic E-state index is 12.2. The molecule has 1 heterocycles. The summed E-state index contributed by atoms with van der Waals surface area (Å²) in [4.78, 5) is 1.52. The summed E-state index contributed by atoms with van der Waals surface area (Å²) in [6.07, 6.45) is -2.17. The molecule has 0 amide bonds. The van der Waals surface area contributed by atoms with E-state index in [0.717, 1.165) is 12.8 Å². The summed E-state index contributed by atoms with van der Waals surface area (Å²) in [5.74, 6) is 0.339. The zero-order valence-electron chi connectivity index (χ0n) is 9.27. The summed E-state index contributed by atoms with van der Waals surface area (Å²) in [7, 11) is 1.85. The van der Waals surface area contributed by atoms with Crippen LogP contribution in [0.1, 0.15) is 19.8 Å². The lowest BCUT2D eigenvalue weighted by molar-refractivity contribution is -0.149. The lowest BCUT2D eigenvalue weighted by Gasteiger charge is -2.35. The van der Waals surface area contributed by atoms with E-state index in [0.29, 0.717) is 25.0 Å². The monoisotopic (exact) mass is 224 g/mol. The van der Waals surface area contributed by atoms with Gasteiger partial charge in [-0.15, -0.1) is 0 Å². The molecule has 0 spiro atoms. The fourth-order valence-electron chi connectivity index (χ4n) is 2.13. The average Bonchev–Trinajstić information content (AvgIpc) is 2.14. The van der Waals surface area contributed by atoms with Crippen molar-refractivity contribution in [1.82, 2.24) is 10.2 Å². The van der Waals surface area contributed by atoms with Crippen LogP contribution in [0, 0.1) is 5.92 Å². The normalized spacial score (nSPS) is 26.6. The fourth-order valence-corrected chi connectivity index (χ4v) is 2.13. The molecule has 1 rings (SSSR count). The summed E-state index contributed by atoms with van der Waals surface area (Å²) in [5.41, 5.74) is 0. The van der Waals surface area contributed by atoms with Crippen LogP contribution in [0.4, 0.5) is 13.2 Å². The summed E-state index contributed by atoms with van der Waals surface area (Å²) >= 11 is 0. The molecule has 1 fully saturated rings. The van der Waals surface area contributed by atoms with Crippen LogP contribution in [-0.2, 0) is 0 Å². The Balaban J connectivity index is 2.42. The highest BCUT2D eigenvalue weighted by molar-refractivity contribution is 4.80. The first kappa shape index (κ1) is 12.8. The van der Waals surface area contributed by atoms with Crippen LogP contribution in [-0.4, -0.2) is 43.8 Å². The van der Waals surface area contributed by atoms with Crippen molar-refractivity contribution < 1.29 is 13.2 Å². The second-order valence-corrected chi connectivity index (χ2v) is 4.33. The number of piperidine rings is 1. The van der Waals surface area contributed by atoms with E-state index in [-0.39, 0.29) is 0 Å². The van der Waals surface area contributed by atoms with E-state index in [1.807, 2.05) is 14.0 Å². The maximum Gasteiger partial charge on any atom is 0.401 e. The van der Waals surface area contributed by atoms with Gasteiger partial charge in [-0.3, -0.25) is 4.90 Å². The van der Waals surface area contributed by atoms with Crippen LogP contribution in [0.3, 0.4) is 0 Å². The van der Waals surface area contributed by atoms with Gasteiger partial charge in [0.25, 0.3) is 0 Å². The predicted octanol–water partition coefficient (Wildman–Crippen LogP) is 1.87. The van der Waals surface area contributed by atoms with E-state index in [4.69, 9.17) is 0 Å². The second kappa shape index (κ2) is 5.16. The fraction of sp³-hybridized carbons (Fsp3) is 1.00. The standard InChI is InChI=1S/C10H19F3N2/c1-8(14-2)9-4-3-5-15(6-9)7-10(11,12)13/h8-9,14H,3-7H2,1-2H3. The Labute approximate surface area is 88.8 Å². The van der Waals surface area contributed by atoms with Crippen LogP contribution in [0.2, 0.25) is 0 Å². The van der Waals surface area contributed by atoms with E-state index >= 15 is 0 Å². The molecule has 2 unspecified atom stereocenters. The quantitative estimate of drug-likeness (QED) is 0.787. The molecule has 90 valence electrons. The molecule has 5 heteroatoms. The lowest BCUT2D eigenvalue weighted by atomic mass is 9.92. The van der Waals surface area contributed by atoms with Crippen molar-refractivity contribution in [3.05, 3.63) is 0 Å². The minimum Gasteiger partial charge on any atom is -0.317 e. The molecule has 0 aromatic carbocycles. The lowest BCUT2D eigenvalue weighted by Crippen LogP contribution is -2.46. The van der Waals surface area contributed by atoms with Crippen LogP contribution < -0.4 is 5.32 Å². The molecule has 1 saturated heterocycles. The Morgan fingerprint density at radius 2 is 2.13 bits per heavy atom. The van der Waals surface area contributed by atoms with Gasteiger partial charge in [0.15, 0.2) is 0 Å². The van der Waals surface area contributed by atoms with Gasteiger partial charge in [-0.05, 0) is 39.3 Å². The van der Waals surface area contributed by atoms with Crippen molar-refractivity contribution in [3.8, 4) is 0 Å². The largest absolute Gasteiger partial charge is 0.401 e. The third-order valence-electron chi connectivity index (χ3n) is 3.11. The van der Waals surface area contributed by atoms with E-state index in [1.54, 1.807) is 0 Å². The molecule has 1 aliphatic heterocycles. The van der Waals surface area contributed by atoms with Crippen molar-refractivity contribution in [2.24, 2.45) is 5.92 Å². The van der Waals surface area contributed by atoms with Gasteiger partial charge in [-0.25, -0.2) is 0 Å².